The molecule has 0 aliphatic heterocycles. The first kappa shape index (κ1) is 18.7. The van der Waals surface area contributed by atoms with Gasteiger partial charge in [0, 0.05) is 30.0 Å². The lowest BCUT2D eigenvalue weighted by molar-refractivity contribution is 0.102. The Kier molecular flexibility index (Phi) is 4.28. The molecule has 7 heteroatoms. The number of hydrogen-bond acceptors (Lipinski definition) is 4. The van der Waals surface area contributed by atoms with Crippen molar-refractivity contribution in [2.75, 3.05) is 5.32 Å². The van der Waals surface area contributed by atoms with Crippen LogP contribution in [0.2, 0.25) is 0 Å². The molecule has 5 aromatic rings. The number of amides is 1. The Hall–Kier alpha value is -4.00. The van der Waals surface area contributed by atoms with E-state index < -0.39 is 0 Å². The SMILES string of the molecule is Cc1ccc(NC(=O)c2cc3c(c4ccccc4n3CC3CC3)n2-c2ncccn2)cn1. The molecule has 1 aliphatic carbocycles. The zero-order chi connectivity index (χ0) is 21.7. The summed E-state index contributed by atoms with van der Waals surface area (Å²) in [7, 11) is 0. The highest BCUT2D eigenvalue weighted by Crippen LogP contribution is 2.38. The van der Waals surface area contributed by atoms with E-state index in [4.69, 9.17) is 0 Å². The quantitative estimate of drug-likeness (QED) is 0.444. The van der Waals surface area contributed by atoms with Crippen molar-refractivity contribution in [2.45, 2.75) is 26.3 Å². The van der Waals surface area contributed by atoms with Crippen LogP contribution in [0.4, 0.5) is 5.69 Å². The van der Waals surface area contributed by atoms with Crippen LogP contribution >= 0.6 is 0 Å². The minimum absolute atomic E-state index is 0.221. The van der Waals surface area contributed by atoms with Crippen LogP contribution in [0.1, 0.15) is 29.0 Å². The maximum Gasteiger partial charge on any atom is 0.272 e. The second-order valence-electron chi connectivity index (χ2n) is 8.36. The topological polar surface area (TPSA) is 77.6 Å². The van der Waals surface area contributed by atoms with Gasteiger partial charge in [0.25, 0.3) is 5.91 Å². The van der Waals surface area contributed by atoms with E-state index in [1.165, 1.54) is 18.4 Å². The summed E-state index contributed by atoms with van der Waals surface area (Å²) < 4.78 is 4.21. The van der Waals surface area contributed by atoms with Gasteiger partial charge in [0.1, 0.15) is 5.69 Å². The molecule has 1 N–H and O–H groups in total. The molecule has 4 heterocycles. The molecule has 6 rings (SSSR count). The summed E-state index contributed by atoms with van der Waals surface area (Å²) in [5.41, 5.74) is 5.20. The van der Waals surface area contributed by atoms with Gasteiger partial charge in [-0.3, -0.25) is 14.3 Å². The number of carbonyl (C=O) groups is 1. The molecule has 0 bridgehead atoms. The zero-order valence-electron chi connectivity index (χ0n) is 17.7. The minimum atomic E-state index is -0.221. The molecule has 0 spiro atoms. The van der Waals surface area contributed by atoms with E-state index in [2.05, 4.69) is 43.0 Å². The molecule has 1 aromatic carbocycles. The fraction of sp³-hybridized carbons (Fsp3) is 0.200. The number of rotatable bonds is 5. The molecule has 0 unspecified atom stereocenters. The molecule has 0 radical (unpaired) electrons. The molecule has 1 amide bonds. The van der Waals surface area contributed by atoms with Crippen molar-refractivity contribution in [3.63, 3.8) is 0 Å². The van der Waals surface area contributed by atoms with Crippen LogP contribution in [0.25, 0.3) is 27.9 Å². The second-order valence-corrected chi connectivity index (χ2v) is 8.36. The fourth-order valence-corrected chi connectivity index (χ4v) is 4.27. The van der Waals surface area contributed by atoms with E-state index in [-0.39, 0.29) is 5.91 Å². The zero-order valence-corrected chi connectivity index (χ0v) is 17.7. The summed E-state index contributed by atoms with van der Waals surface area (Å²) in [6, 6.07) is 15.8. The predicted molar refractivity (Wildman–Crippen MR) is 124 cm³/mol. The normalized spacial score (nSPS) is 13.7. The third-order valence-corrected chi connectivity index (χ3v) is 6.01. The minimum Gasteiger partial charge on any atom is -0.339 e. The Labute approximate surface area is 184 Å². The molecule has 1 fully saturated rings. The molecule has 0 atom stereocenters. The first-order valence-corrected chi connectivity index (χ1v) is 10.8. The lowest BCUT2D eigenvalue weighted by Gasteiger charge is -2.10. The Morgan fingerprint density at radius 2 is 1.84 bits per heavy atom. The van der Waals surface area contributed by atoms with E-state index in [0.29, 0.717) is 23.2 Å². The van der Waals surface area contributed by atoms with Gasteiger partial charge in [-0.2, -0.15) is 0 Å². The van der Waals surface area contributed by atoms with Crippen molar-refractivity contribution in [3.8, 4) is 5.95 Å². The lowest BCUT2D eigenvalue weighted by atomic mass is 10.2. The first-order valence-electron chi connectivity index (χ1n) is 10.8. The number of para-hydroxylation sites is 1. The van der Waals surface area contributed by atoms with E-state index in [1.54, 1.807) is 24.7 Å². The van der Waals surface area contributed by atoms with Crippen molar-refractivity contribution < 1.29 is 4.79 Å². The van der Waals surface area contributed by atoms with Crippen molar-refractivity contribution in [1.29, 1.82) is 0 Å². The summed E-state index contributed by atoms with van der Waals surface area (Å²) >= 11 is 0. The van der Waals surface area contributed by atoms with Crippen LogP contribution in [-0.2, 0) is 6.54 Å². The van der Waals surface area contributed by atoms with Gasteiger partial charge in [-0.1, -0.05) is 18.2 Å². The van der Waals surface area contributed by atoms with E-state index in [9.17, 15) is 4.79 Å². The standard InChI is InChI=1S/C25H22N6O/c1-16-7-10-18(14-28-16)29-24(32)22-13-21-23(31(22)25-26-11-4-12-27-25)19-5-2-3-6-20(19)30(21)15-17-8-9-17/h2-7,10-14,17H,8-9,15H2,1H3,(H,29,32). The van der Waals surface area contributed by atoms with Gasteiger partial charge in [0.15, 0.2) is 0 Å². The monoisotopic (exact) mass is 422 g/mol. The van der Waals surface area contributed by atoms with Crippen molar-refractivity contribution in [1.82, 2.24) is 24.1 Å². The number of aromatic nitrogens is 5. The van der Waals surface area contributed by atoms with Gasteiger partial charge in [-0.25, -0.2) is 9.97 Å². The Morgan fingerprint density at radius 1 is 1.03 bits per heavy atom. The van der Waals surface area contributed by atoms with Crippen LogP contribution in [0.3, 0.4) is 0 Å². The molecule has 0 saturated heterocycles. The van der Waals surface area contributed by atoms with Gasteiger partial charge >= 0.3 is 0 Å². The van der Waals surface area contributed by atoms with Gasteiger partial charge in [0.05, 0.1) is 28.4 Å². The van der Waals surface area contributed by atoms with Gasteiger partial charge in [-0.15, -0.1) is 0 Å². The summed E-state index contributed by atoms with van der Waals surface area (Å²) in [6.45, 7) is 2.87. The average Bonchev–Trinajstić information content (AvgIpc) is 3.48. The van der Waals surface area contributed by atoms with Crippen LogP contribution in [0.5, 0.6) is 0 Å². The molecular formula is C25H22N6O. The highest BCUT2D eigenvalue weighted by molar-refractivity contribution is 6.13. The van der Waals surface area contributed by atoms with Crippen LogP contribution in [-0.4, -0.2) is 30.0 Å². The fourth-order valence-electron chi connectivity index (χ4n) is 4.27. The molecule has 7 nitrogen and oxygen atoms in total. The highest BCUT2D eigenvalue weighted by Gasteiger charge is 2.27. The number of benzene rings is 1. The number of nitrogens with one attached hydrogen (secondary N) is 1. The van der Waals surface area contributed by atoms with Gasteiger partial charge in [-0.05, 0) is 56.0 Å². The van der Waals surface area contributed by atoms with E-state index >= 15 is 0 Å². The molecule has 158 valence electrons. The maximum atomic E-state index is 13.4. The molecular weight excluding hydrogens is 400 g/mol. The van der Waals surface area contributed by atoms with Crippen LogP contribution in [0.15, 0.2) is 67.1 Å². The first-order chi connectivity index (χ1) is 15.7. The summed E-state index contributed by atoms with van der Waals surface area (Å²) in [5, 5.41) is 4.07. The smallest absolute Gasteiger partial charge is 0.272 e. The summed E-state index contributed by atoms with van der Waals surface area (Å²) in [5.74, 6) is 0.951. The maximum absolute atomic E-state index is 13.4. The van der Waals surface area contributed by atoms with Gasteiger partial charge < -0.3 is 9.88 Å². The third kappa shape index (κ3) is 3.13. The number of fused-ring (bicyclic) bond motifs is 3. The number of pyridine rings is 1. The molecule has 1 aliphatic rings. The van der Waals surface area contributed by atoms with E-state index in [1.807, 2.05) is 35.8 Å². The third-order valence-electron chi connectivity index (χ3n) is 6.01. The van der Waals surface area contributed by atoms with Crippen molar-refractivity contribution in [3.05, 3.63) is 78.5 Å². The number of aryl methyl sites for hydroxylation is 1. The highest BCUT2D eigenvalue weighted by atomic mass is 16.2. The Morgan fingerprint density at radius 3 is 2.59 bits per heavy atom. The second kappa shape index (κ2) is 7.30. The molecule has 4 aromatic heterocycles. The largest absolute Gasteiger partial charge is 0.339 e. The number of nitrogens with zero attached hydrogens (tertiary/aromatic N) is 5. The molecule has 32 heavy (non-hydrogen) atoms. The number of hydrogen-bond donors (Lipinski definition) is 1. The van der Waals surface area contributed by atoms with E-state index in [0.717, 1.165) is 28.7 Å². The average molecular weight is 422 g/mol. The summed E-state index contributed by atoms with van der Waals surface area (Å²) in [4.78, 5) is 26.6. The predicted octanol–water partition coefficient (Wildman–Crippen LogP) is 4.74. The number of anilines is 1. The van der Waals surface area contributed by atoms with Crippen LogP contribution in [0, 0.1) is 12.8 Å². The Bertz CT molecular complexity index is 1450. The van der Waals surface area contributed by atoms with Crippen LogP contribution < -0.4 is 5.32 Å². The Balaban J connectivity index is 1.57. The van der Waals surface area contributed by atoms with Crippen molar-refractivity contribution in [2.24, 2.45) is 5.92 Å². The lowest BCUT2D eigenvalue weighted by Crippen LogP contribution is -2.17. The van der Waals surface area contributed by atoms with Crippen molar-refractivity contribution >= 4 is 33.5 Å². The number of carbonyl (C=O) groups excluding carboxylic acids is 1. The molecule has 1 saturated carbocycles. The van der Waals surface area contributed by atoms with Gasteiger partial charge in [0.2, 0.25) is 5.95 Å². The summed E-state index contributed by atoms with van der Waals surface area (Å²) in [6.07, 6.45) is 7.57.